The van der Waals surface area contributed by atoms with E-state index in [0.29, 0.717) is 13.0 Å². The number of hydrogen-bond donors (Lipinski definition) is 2. The van der Waals surface area contributed by atoms with Crippen molar-refractivity contribution in [3.8, 4) is 0 Å². The predicted octanol–water partition coefficient (Wildman–Crippen LogP) is 2.54. The molecule has 2 atom stereocenters. The fraction of sp³-hybridized carbons (Fsp3) is 0.611. The quantitative estimate of drug-likeness (QED) is 0.899. The Balaban J connectivity index is 1.88. The van der Waals surface area contributed by atoms with E-state index in [1.807, 2.05) is 6.92 Å². The SMILES string of the molecule is C[C@H](NC(=O)C[C@@H]1CNCCO1)c1ccc(C(C)(C)C)cc1. The van der Waals surface area contributed by atoms with Gasteiger partial charge in [0.25, 0.3) is 0 Å². The molecular formula is C18H28N2O2. The van der Waals surface area contributed by atoms with E-state index in [9.17, 15) is 4.79 Å². The lowest BCUT2D eigenvalue weighted by molar-refractivity contribution is -0.125. The molecule has 1 aromatic carbocycles. The molecule has 1 aliphatic heterocycles. The monoisotopic (exact) mass is 304 g/mol. The highest BCUT2D eigenvalue weighted by Crippen LogP contribution is 2.23. The molecule has 0 aromatic heterocycles. The van der Waals surface area contributed by atoms with Gasteiger partial charge in [0.2, 0.25) is 5.91 Å². The molecule has 0 spiro atoms. The number of morpholine rings is 1. The third kappa shape index (κ3) is 4.82. The van der Waals surface area contributed by atoms with Crippen LogP contribution >= 0.6 is 0 Å². The molecule has 4 nitrogen and oxygen atoms in total. The predicted molar refractivity (Wildman–Crippen MR) is 88.9 cm³/mol. The van der Waals surface area contributed by atoms with Crippen LogP contribution in [0.15, 0.2) is 24.3 Å². The van der Waals surface area contributed by atoms with Crippen molar-refractivity contribution >= 4 is 5.91 Å². The summed E-state index contributed by atoms with van der Waals surface area (Å²) in [6.45, 7) is 10.9. The van der Waals surface area contributed by atoms with E-state index in [0.717, 1.165) is 18.7 Å². The van der Waals surface area contributed by atoms with E-state index in [2.05, 4.69) is 55.7 Å². The zero-order valence-corrected chi connectivity index (χ0v) is 14.1. The summed E-state index contributed by atoms with van der Waals surface area (Å²) in [6.07, 6.45) is 0.404. The van der Waals surface area contributed by atoms with Gasteiger partial charge in [0.15, 0.2) is 0 Å². The number of rotatable bonds is 4. The van der Waals surface area contributed by atoms with Crippen molar-refractivity contribution in [2.45, 2.75) is 51.7 Å². The van der Waals surface area contributed by atoms with Gasteiger partial charge in [-0.2, -0.15) is 0 Å². The average molecular weight is 304 g/mol. The van der Waals surface area contributed by atoms with Gasteiger partial charge < -0.3 is 15.4 Å². The summed E-state index contributed by atoms with van der Waals surface area (Å²) >= 11 is 0. The van der Waals surface area contributed by atoms with E-state index in [1.165, 1.54) is 5.56 Å². The Kier molecular flexibility index (Phi) is 5.59. The van der Waals surface area contributed by atoms with Crippen LogP contribution in [0.25, 0.3) is 0 Å². The first-order chi connectivity index (χ1) is 10.4. The van der Waals surface area contributed by atoms with Gasteiger partial charge >= 0.3 is 0 Å². The largest absolute Gasteiger partial charge is 0.375 e. The molecule has 1 fully saturated rings. The summed E-state index contributed by atoms with van der Waals surface area (Å²) in [5.74, 6) is 0.0427. The van der Waals surface area contributed by atoms with Gasteiger partial charge in [-0.15, -0.1) is 0 Å². The third-order valence-electron chi connectivity index (χ3n) is 4.07. The van der Waals surface area contributed by atoms with Crippen LogP contribution in [0.3, 0.4) is 0 Å². The number of carbonyl (C=O) groups excluding carboxylic acids is 1. The molecule has 122 valence electrons. The lowest BCUT2D eigenvalue weighted by atomic mass is 9.86. The molecule has 2 rings (SSSR count). The summed E-state index contributed by atoms with van der Waals surface area (Å²) in [5, 5.41) is 6.30. The number of hydrogen-bond acceptors (Lipinski definition) is 3. The van der Waals surface area contributed by atoms with Crippen LogP contribution in [0, 0.1) is 0 Å². The summed E-state index contributed by atoms with van der Waals surface area (Å²) in [5.41, 5.74) is 2.58. The zero-order chi connectivity index (χ0) is 16.2. The molecule has 1 amide bonds. The number of amides is 1. The standard InChI is InChI=1S/C18H28N2O2/c1-13(14-5-7-15(8-6-14)18(2,3)4)20-17(21)11-16-12-19-9-10-22-16/h5-8,13,16,19H,9-12H2,1-4H3,(H,20,21)/t13-,16+/m0/s1. The fourth-order valence-electron chi connectivity index (χ4n) is 2.61. The van der Waals surface area contributed by atoms with Crippen LogP contribution in [0.4, 0.5) is 0 Å². The maximum Gasteiger partial charge on any atom is 0.223 e. The van der Waals surface area contributed by atoms with Gasteiger partial charge in [-0.05, 0) is 23.5 Å². The molecule has 0 bridgehead atoms. The second kappa shape index (κ2) is 7.25. The van der Waals surface area contributed by atoms with Gasteiger partial charge in [0.1, 0.15) is 0 Å². The highest BCUT2D eigenvalue weighted by molar-refractivity contribution is 5.77. The van der Waals surface area contributed by atoms with Gasteiger partial charge in [0, 0.05) is 13.1 Å². The van der Waals surface area contributed by atoms with Gasteiger partial charge in [-0.1, -0.05) is 45.0 Å². The molecular weight excluding hydrogens is 276 g/mol. The molecule has 0 saturated carbocycles. The number of ether oxygens (including phenoxy) is 1. The van der Waals surface area contributed by atoms with Gasteiger partial charge in [-0.25, -0.2) is 0 Å². The fourth-order valence-corrected chi connectivity index (χ4v) is 2.61. The molecule has 1 heterocycles. The maximum atomic E-state index is 12.1. The van der Waals surface area contributed by atoms with E-state index in [4.69, 9.17) is 4.74 Å². The number of carbonyl (C=O) groups is 1. The Bertz CT molecular complexity index is 485. The summed E-state index contributed by atoms with van der Waals surface area (Å²) < 4.78 is 5.57. The molecule has 0 aliphatic carbocycles. The minimum atomic E-state index is -0.00998. The van der Waals surface area contributed by atoms with Gasteiger partial charge in [-0.3, -0.25) is 4.79 Å². The first kappa shape index (κ1) is 17.0. The lowest BCUT2D eigenvalue weighted by Crippen LogP contribution is -2.41. The first-order valence-corrected chi connectivity index (χ1v) is 8.08. The minimum absolute atomic E-state index is 0.00998. The molecule has 0 unspecified atom stereocenters. The van der Waals surface area contributed by atoms with Crippen molar-refractivity contribution in [2.75, 3.05) is 19.7 Å². The van der Waals surface area contributed by atoms with E-state index >= 15 is 0 Å². The molecule has 0 radical (unpaired) electrons. The van der Waals surface area contributed by atoms with Crippen LogP contribution < -0.4 is 10.6 Å². The Morgan fingerprint density at radius 2 is 2.05 bits per heavy atom. The van der Waals surface area contributed by atoms with E-state index in [-0.39, 0.29) is 23.5 Å². The van der Waals surface area contributed by atoms with Crippen LogP contribution in [0.1, 0.15) is 51.3 Å². The van der Waals surface area contributed by atoms with E-state index < -0.39 is 0 Å². The molecule has 4 heteroatoms. The first-order valence-electron chi connectivity index (χ1n) is 8.08. The molecule has 22 heavy (non-hydrogen) atoms. The Morgan fingerprint density at radius 3 is 2.59 bits per heavy atom. The van der Waals surface area contributed by atoms with Crippen LogP contribution in [0.2, 0.25) is 0 Å². The second-order valence-corrected chi connectivity index (χ2v) is 7.06. The Labute approximate surface area is 133 Å². The topological polar surface area (TPSA) is 50.4 Å². The molecule has 1 saturated heterocycles. The number of benzene rings is 1. The van der Waals surface area contributed by atoms with E-state index in [1.54, 1.807) is 0 Å². The third-order valence-corrected chi connectivity index (χ3v) is 4.07. The van der Waals surface area contributed by atoms with Crippen molar-refractivity contribution in [3.05, 3.63) is 35.4 Å². The van der Waals surface area contributed by atoms with Crippen LogP contribution in [-0.2, 0) is 14.9 Å². The van der Waals surface area contributed by atoms with Crippen molar-refractivity contribution in [1.82, 2.24) is 10.6 Å². The summed E-state index contributed by atoms with van der Waals surface area (Å²) in [7, 11) is 0. The Hall–Kier alpha value is -1.39. The Morgan fingerprint density at radius 1 is 1.36 bits per heavy atom. The molecule has 1 aliphatic rings. The molecule has 2 N–H and O–H groups in total. The average Bonchev–Trinajstić information content (AvgIpc) is 2.47. The van der Waals surface area contributed by atoms with Crippen LogP contribution in [-0.4, -0.2) is 31.7 Å². The zero-order valence-electron chi connectivity index (χ0n) is 14.1. The number of nitrogens with one attached hydrogen (secondary N) is 2. The smallest absolute Gasteiger partial charge is 0.223 e. The van der Waals surface area contributed by atoms with Crippen LogP contribution in [0.5, 0.6) is 0 Å². The lowest BCUT2D eigenvalue weighted by Gasteiger charge is -2.24. The van der Waals surface area contributed by atoms with Crippen molar-refractivity contribution in [1.29, 1.82) is 0 Å². The highest BCUT2D eigenvalue weighted by Gasteiger charge is 2.19. The maximum absolute atomic E-state index is 12.1. The van der Waals surface area contributed by atoms with Gasteiger partial charge in [0.05, 0.1) is 25.2 Å². The normalized spacial score (nSPS) is 20.5. The van der Waals surface area contributed by atoms with Crippen molar-refractivity contribution in [3.63, 3.8) is 0 Å². The molecule has 1 aromatic rings. The van der Waals surface area contributed by atoms with Crippen molar-refractivity contribution < 1.29 is 9.53 Å². The highest BCUT2D eigenvalue weighted by atomic mass is 16.5. The minimum Gasteiger partial charge on any atom is -0.375 e. The second-order valence-electron chi connectivity index (χ2n) is 7.06. The summed E-state index contributed by atoms with van der Waals surface area (Å²) in [6, 6.07) is 8.50. The summed E-state index contributed by atoms with van der Waals surface area (Å²) in [4.78, 5) is 12.1. The van der Waals surface area contributed by atoms with Crippen molar-refractivity contribution in [2.24, 2.45) is 0 Å².